The highest BCUT2D eigenvalue weighted by Gasteiger charge is 2.25. The van der Waals surface area contributed by atoms with Crippen molar-refractivity contribution >= 4 is 18.0 Å². The SMILES string of the molecule is CC1CSc2ccccc2C1C=O. The molecule has 0 saturated carbocycles. The van der Waals surface area contributed by atoms with Crippen LogP contribution in [0.2, 0.25) is 0 Å². The van der Waals surface area contributed by atoms with E-state index >= 15 is 0 Å². The minimum atomic E-state index is 0.109. The van der Waals surface area contributed by atoms with Gasteiger partial charge in [-0.15, -0.1) is 11.8 Å². The fraction of sp³-hybridized carbons (Fsp3) is 0.364. The predicted octanol–water partition coefficient (Wildman–Crippen LogP) is 2.71. The third-order valence-electron chi connectivity index (χ3n) is 2.54. The summed E-state index contributed by atoms with van der Waals surface area (Å²) in [5.74, 6) is 1.63. The summed E-state index contributed by atoms with van der Waals surface area (Å²) in [6, 6.07) is 8.21. The second-order valence-electron chi connectivity index (χ2n) is 3.49. The molecule has 68 valence electrons. The van der Waals surface area contributed by atoms with E-state index in [1.54, 1.807) is 0 Å². The van der Waals surface area contributed by atoms with Crippen molar-refractivity contribution in [3.8, 4) is 0 Å². The number of carbonyl (C=O) groups excluding carboxylic acids is 1. The molecule has 0 spiro atoms. The van der Waals surface area contributed by atoms with Gasteiger partial charge in [-0.2, -0.15) is 0 Å². The Hall–Kier alpha value is -0.760. The van der Waals surface area contributed by atoms with E-state index in [0.717, 1.165) is 12.0 Å². The summed E-state index contributed by atoms with van der Waals surface area (Å²) in [5, 5.41) is 0. The molecule has 1 aromatic rings. The number of thioether (sulfide) groups is 1. The molecular formula is C11H12OS. The van der Waals surface area contributed by atoms with Crippen LogP contribution in [0.15, 0.2) is 29.2 Å². The first-order chi connectivity index (χ1) is 6.33. The van der Waals surface area contributed by atoms with Crippen LogP contribution in [-0.4, -0.2) is 12.0 Å². The number of carbonyl (C=O) groups is 1. The zero-order valence-electron chi connectivity index (χ0n) is 7.57. The third-order valence-corrected chi connectivity index (χ3v) is 3.91. The Labute approximate surface area is 82.5 Å². The molecule has 0 radical (unpaired) electrons. The number of rotatable bonds is 1. The van der Waals surface area contributed by atoms with Crippen molar-refractivity contribution in [1.82, 2.24) is 0 Å². The molecular weight excluding hydrogens is 180 g/mol. The molecule has 2 heteroatoms. The van der Waals surface area contributed by atoms with Crippen molar-refractivity contribution in [3.05, 3.63) is 29.8 Å². The molecule has 1 aromatic carbocycles. The van der Waals surface area contributed by atoms with Crippen LogP contribution in [0, 0.1) is 5.92 Å². The first kappa shape index (κ1) is 8.82. The van der Waals surface area contributed by atoms with Gasteiger partial charge in [0.05, 0.1) is 0 Å². The number of fused-ring (bicyclic) bond motifs is 1. The van der Waals surface area contributed by atoms with Crippen molar-refractivity contribution in [2.24, 2.45) is 5.92 Å². The fourth-order valence-electron chi connectivity index (χ4n) is 1.73. The summed E-state index contributed by atoms with van der Waals surface area (Å²) in [5.41, 5.74) is 1.21. The van der Waals surface area contributed by atoms with Crippen molar-refractivity contribution in [1.29, 1.82) is 0 Å². The Kier molecular flexibility index (Phi) is 2.40. The van der Waals surface area contributed by atoms with Crippen molar-refractivity contribution in [2.75, 3.05) is 5.75 Å². The smallest absolute Gasteiger partial charge is 0.127 e. The van der Waals surface area contributed by atoms with Crippen molar-refractivity contribution < 1.29 is 4.79 Å². The first-order valence-electron chi connectivity index (χ1n) is 4.50. The minimum Gasteiger partial charge on any atom is -0.303 e. The van der Waals surface area contributed by atoms with E-state index in [0.29, 0.717) is 5.92 Å². The molecule has 0 aliphatic carbocycles. The van der Waals surface area contributed by atoms with Crippen LogP contribution in [0.25, 0.3) is 0 Å². The van der Waals surface area contributed by atoms with E-state index in [4.69, 9.17) is 0 Å². The second-order valence-corrected chi connectivity index (χ2v) is 4.55. The summed E-state index contributed by atoms with van der Waals surface area (Å²) < 4.78 is 0. The molecule has 0 bridgehead atoms. The van der Waals surface area contributed by atoms with Crippen LogP contribution in [0.4, 0.5) is 0 Å². The maximum atomic E-state index is 10.9. The Morgan fingerprint density at radius 2 is 2.23 bits per heavy atom. The van der Waals surface area contributed by atoms with Gasteiger partial charge in [0, 0.05) is 16.6 Å². The van der Waals surface area contributed by atoms with E-state index in [2.05, 4.69) is 19.1 Å². The standard InChI is InChI=1S/C11H12OS/c1-8-7-13-11-5-3-2-4-9(11)10(8)6-12/h2-6,8,10H,7H2,1H3. The zero-order chi connectivity index (χ0) is 9.26. The van der Waals surface area contributed by atoms with Gasteiger partial charge in [0.25, 0.3) is 0 Å². The Balaban J connectivity index is 2.45. The van der Waals surface area contributed by atoms with Crippen LogP contribution in [0.5, 0.6) is 0 Å². The molecule has 0 amide bonds. The van der Waals surface area contributed by atoms with E-state index < -0.39 is 0 Å². The van der Waals surface area contributed by atoms with Gasteiger partial charge < -0.3 is 4.79 Å². The quantitative estimate of drug-likeness (QED) is 0.636. The van der Waals surface area contributed by atoms with Gasteiger partial charge >= 0.3 is 0 Å². The lowest BCUT2D eigenvalue weighted by Crippen LogP contribution is -2.18. The summed E-state index contributed by atoms with van der Waals surface area (Å²) in [4.78, 5) is 12.2. The Morgan fingerprint density at radius 3 is 3.00 bits per heavy atom. The lowest BCUT2D eigenvalue weighted by molar-refractivity contribution is -0.109. The van der Waals surface area contributed by atoms with Crippen LogP contribution < -0.4 is 0 Å². The summed E-state index contributed by atoms with van der Waals surface area (Å²) in [7, 11) is 0. The molecule has 1 nitrogen and oxygen atoms in total. The first-order valence-corrected chi connectivity index (χ1v) is 5.48. The minimum absolute atomic E-state index is 0.109. The lowest BCUT2D eigenvalue weighted by Gasteiger charge is -2.26. The van der Waals surface area contributed by atoms with Crippen LogP contribution in [-0.2, 0) is 4.79 Å². The number of aldehydes is 1. The van der Waals surface area contributed by atoms with Gasteiger partial charge in [0.1, 0.15) is 6.29 Å². The molecule has 2 unspecified atom stereocenters. The zero-order valence-corrected chi connectivity index (χ0v) is 8.38. The van der Waals surface area contributed by atoms with Crippen LogP contribution in [0.1, 0.15) is 18.4 Å². The molecule has 2 atom stereocenters. The number of benzene rings is 1. The van der Waals surface area contributed by atoms with Crippen molar-refractivity contribution in [3.63, 3.8) is 0 Å². The number of hydrogen-bond acceptors (Lipinski definition) is 2. The maximum Gasteiger partial charge on any atom is 0.127 e. The normalized spacial score (nSPS) is 26.5. The molecule has 0 fully saturated rings. The predicted molar refractivity (Wildman–Crippen MR) is 55.1 cm³/mol. The molecule has 2 rings (SSSR count). The third kappa shape index (κ3) is 1.51. The molecule has 1 heterocycles. The summed E-state index contributed by atoms with van der Waals surface area (Å²) >= 11 is 1.86. The highest BCUT2D eigenvalue weighted by Crippen LogP contribution is 2.39. The van der Waals surface area contributed by atoms with Gasteiger partial charge in [0.2, 0.25) is 0 Å². The molecule has 13 heavy (non-hydrogen) atoms. The van der Waals surface area contributed by atoms with Gasteiger partial charge in [-0.05, 0) is 17.5 Å². The largest absolute Gasteiger partial charge is 0.303 e. The molecule has 0 N–H and O–H groups in total. The Morgan fingerprint density at radius 1 is 1.46 bits per heavy atom. The van der Waals surface area contributed by atoms with E-state index in [1.165, 1.54) is 10.5 Å². The fourth-order valence-corrected chi connectivity index (χ4v) is 2.92. The van der Waals surface area contributed by atoms with E-state index in [1.807, 2.05) is 23.9 Å². The van der Waals surface area contributed by atoms with Gasteiger partial charge in [-0.3, -0.25) is 0 Å². The Bertz CT molecular complexity index is 322. The molecule has 1 aliphatic rings. The topological polar surface area (TPSA) is 17.1 Å². The van der Waals surface area contributed by atoms with E-state index in [-0.39, 0.29) is 5.92 Å². The summed E-state index contributed by atoms with van der Waals surface area (Å²) in [6.45, 7) is 2.14. The molecule has 1 aliphatic heterocycles. The van der Waals surface area contributed by atoms with Crippen LogP contribution in [0.3, 0.4) is 0 Å². The van der Waals surface area contributed by atoms with Gasteiger partial charge in [-0.25, -0.2) is 0 Å². The van der Waals surface area contributed by atoms with Gasteiger partial charge in [0.15, 0.2) is 0 Å². The second kappa shape index (κ2) is 3.54. The molecule has 0 saturated heterocycles. The summed E-state index contributed by atoms with van der Waals surface area (Å²) in [6.07, 6.45) is 1.09. The highest BCUT2D eigenvalue weighted by molar-refractivity contribution is 7.99. The highest BCUT2D eigenvalue weighted by atomic mass is 32.2. The van der Waals surface area contributed by atoms with Gasteiger partial charge in [-0.1, -0.05) is 25.1 Å². The lowest BCUT2D eigenvalue weighted by atomic mass is 9.89. The number of hydrogen-bond donors (Lipinski definition) is 0. The average Bonchev–Trinajstić information content (AvgIpc) is 2.18. The maximum absolute atomic E-state index is 10.9. The van der Waals surface area contributed by atoms with Crippen LogP contribution >= 0.6 is 11.8 Å². The molecule has 0 aromatic heterocycles. The van der Waals surface area contributed by atoms with Crippen molar-refractivity contribution in [2.45, 2.75) is 17.7 Å². The van der Waals surface area contributed by atoms with E-state index in [9.17, 15) is 4.79 Å². The average molecular weight is 192 g/mol. The monoisotopic (exact) mass is 192 g/mol.